The zero-order valence-corrected chi connectivity index (χ0v) is 19.3. The first-order chi connectivity index (χ1) is 15.1. The molecule has 0 saturated heterocycles. The van der Waals surface area contributed by atoms with Gasteiger partial charge in [-0.25, -0.2) is 14.8 Å². The fraction of sp³-hybridized carbons (Fsp3) is 0.478. The first kappa shape index (κ1) is 23.1. The van der Waals surface area contributed by atoms with E-state index in [1.165, 1.54) is 11.8 Å². The number of carbonyl (C=O) groups is 1. The Bertz CT molecular complexity index is 1060. The Balaban J connectivity index is 2.02. The fourth-order valence-electron chi connectivity index (χ4n) is 3.59. The largest absolute Gasteiger partial charge is 0.328 e. The molecule has 0 aliphatic rings. The first-order valence-electron chi connectivity index (χ1n) is 11.0. The van der Waals surface area contributed by atoms with Crippen LogP contribution in [-0.4, -0.2) is 31.2 Å². The highest BCUT2D eigenvalue weighted by Gasteiger charge is 2.21. The molecule has 0 bridgehead atoms. The lowest BCUT2D eigenvalue weighted by Gasteiger charge is -2.15. The normalized spacial score (nSPS) is 11.4. The minimum Gasteiger partial charge on any atom is -0.309 e. The van der Waals surface area contributed by atoms with Crippen LogP contribution in [0, 0.1) is 5.92 Å². The number of carbonyl (C=O) groups excluding carboxylic acids is 1. The second-order valence-corrected chi connectivity index (χ2v) is 8.73. The second-order valence-electron chi connectivity index (χ2n) is 7.67. The molecule has 2 heterocycles. The molecule has 8 heteroatoms. The number of H-pyrrole nitrogens is 1. The van der Waals surface area contributed by atoms with E-state index in [1.807, 2.05) is 30.3 Å². The number of hydrogen-bond donors (Lipinski definition) is 2. The quantitative estimate of drug-likeness (QED) is 0.329. The van der Waals surface area contributed by atoms with Crippen LogP contribution in [0.4, 0.5) is 5.82 Å². The van der Waals surface area contributed by atoms with E-state index in [0.717, 1.165) is 43.4 Å². The third-order valence-corrected chi connectivity index (χ3v) is 6.16. The van der Waals surface area contributed by atoms with Crippen molar-refractivity contribution in [2.75, 3.05) is 11.1 Å². The van der Waals surface area contributed by atoms with Crippen molar-refractivity contribution in [3.8, 4) is 0 Å². The molecule has 7 nitrogen and oxygen atoms in total. The van der Waals surface area contributed by atoms with E-state index in [2.05, 4.69) is 41.0 Å². The zero-order chi connectivity index (χ0) is 22.2. The SMILES string of the molecule is CCCSc1nc(NC(=O)C(CCC)CCC)c2[nH]c(=O)n(Cc3ccccc3)c2n1. The molecule has 3 aromatic rings. The fourth-order valence-corrected chi connectivity index (χ4v) is 4.29. The number of nitrogens with one attached hydrogen (secondary N) is 2. The number of amides is 1. The molecule has 31 heavy (non-hydrogen) atoms. The van der Waals surface area contributed by atoms with E-state index in [0.29, 0.717) is 28.7 Å². The maximum Gasteiger partial charge on any atom is 0.328 e. The lowest BCUT2D eigenvalue weighted by atomic mass is 9.97. The smallest absolute Gasteiger partial charge is 0.309 e. The average Bonchev–Trinajstić information content (AvgIpc) is 3.08. The van der Waals surface area contributed by atoms with Crippen molar-refractivity contribution in [3.63, 3.8) is 0 Å². The van der Waals surface area contributed by atoms with Crippen LogP contribution in [0.25, 0.3) is 11.2 Å². The molecule has 0 unspecified atom stereocenters. The topological polar surface area (TPSA) is 92.7 Å². The summed E-state index contributed by atoms with van der Waals surface area (Å²) in [6.07, 6.45) is 4.53. The van der Waals surface area contributed by atoms with Crippen LogP contribution in [0.1, 0.15) is 58.4 Å². The van der Waals surface area contributed by atoms with Gasteiger partial charge >= 0.3 is 5.69 Å². The molecule has 0 spiro atoms. The number of nitrogens with zero attached hydrogens (tertiary/aromatic N) is 3. The van der Waals surface area contributed by atoms with Crippen LogP contribution in [-0.2, 0) is 11.3 Å². The number of rotatable bonds is 11. The van der Waals surface area contributed by atoms with Crippen LogP contribution in [0.2, 0.25) is 0 Å². The molecule has 2 aromatic heterocycles. The van der Waals surface area contributed by atoms with Crippen molar-refractivity contribution < 1.29 is 4.79 Å². The molecule has 166 valence electrons. The minimum absolute atomic E-state index is 0.0493. The van der Waals surface area contributed by atoms with Gasteiger partial charge in [0, 0.05) is 11.7 Å². The summed E-state index contributed by atoms with van der Waals surface area (Å²) in [6.45, 7) is 6.66. The molecular weight excluding hydrogens is 410 g/mol. The summed E-state index contributed by atoms with van der Waals surface area (Å²) in [6, 6.07) is 9.78. The predicted molar refractivity (Wildman–Crippen MR) is 127 cm³/mol. The van der Waals surface area contributed by atoms with Gasteiger partial charge in [-0.05, 0) is 24.8 Å². The third-order valence-electron chi connectivity index (χ3n) is 5.11. The lowest BCUT2D eigenvalue weighted by molar-refractivity contribution is -0.120. The summed E-state index contributed by atoms with van der Waals surface area (Å²) in [5.41, 5.74) is 1.73. The first-order valence-corrected chi connectivity index (χ1v) is 12.0. The van der Waals surface area contributed by atoms with Gasteiger partial charge < -0.3 is 10.3 Å². The molecule has 0 aliphatic heterocycles. The molecule has 0 saturated carbocycles. The van der Waals surface area contributed by atoms with Gasteiger partial charge in [0.25, 0.3) is 0 Å². The summed E-state index contributed by atoms with van der Waals surface area (Å²) in [5.74, 6) is 1.13. The van der Waals surface area contributed by atoms with E-state index in [-0.39, 0.29) is 17.5 Å². The van der Waals surface area contributed by atoms with Gasteiger partial charge in [0.05, 0.1) is 6.54 Å². The monoisotopic (exact) mass is 441 g/mol. The average molecular weight is 442 g/mol. The molecule has 0 fully saturated rings. The van der Waals surface area contributed by atoms with Crippen LogP contribution in [0.5, 0.6) is 0 Å². The highest BCUT2D eigenvalue weighted by Crippen LogP contribution is 2.25. The number of thioether (sulfide) groups is 1. The number of imidazole rings is 1. The Labute approximate surface area is 187 Å². The molecule has 0 radical (unpaired) electrons. The molecule has 1 aromatic carbocycles. The van der Waals surface area contributed by atoms with Crippen molar-refractivity contribution in [2.45, 2.75) is 64.6 Å². The summed E-state index contributed by atoms with van der Waals surface area (Å²) in [4.78, 5) is 37.8. The molecule has 2 N–H and O–H groups in total. The van der Waals surface area contributed by atoms with Crippen molar-refractivity contribution in [3.05, 3.63) is 46.4 Å². The number of aromatic nitrogens is 4. The molecule has 0 aliphatic carbocycles. The van der Waals surface area contributed by atoms with Crippen LogP contribution >= 0.6 is 11.8 Å². The summed E-state index contributed by atoms with van der Waals surface area (Å²) in [5, 5.41) is 3.55. The highest BCUT2D eigenvalue weighted by atomic mass is 32.2. The Morgan fingerprint density at radius 1 is 1.10 bits per heavy atom. The summed E-state index contributed by atoms with van der Waals surface area (Å²) in [7, 11) is 0. The van der Waals surface area contributed by atoms with Gasteiger partial charge in [-0.15, -0.1) is 0 Å². The van der Waals surface area contributed by atoms with E-state index >= 15 is 0 Å². The van der Waals surface area contributed by atoms with Gasteiger partial charge in [0.2, 0.25) is 5.91 Å². The van der Waals surface area contributed by atoms with Gasteiger partial charge in [0.15, 0.2) is 16.6 Å². The summed E-state index contributed by atoms with van der Waals surface area (Å²) >= 11 is 1.53. The maximum atomic E-state index is 13.0. The molecule has 3 rings (SSSR count). The highest BCUT2D eigenvalue weighted by molar-refractivity contribution is 7.99. The standard InChI is InChI=1S/C23H31N5O2S/c1-4-10-17(11-5-2)21(29)25-19-18-20(27-22(26-19)31-14-6-3)28(23(30)24-18)15-16-12-8-7-9-13-16/h7-9,12-13,17H,4-6,10-11,14-15H2,1-3H3,(H,24,30)(H,25,26,27,29). The zero-order valence-electron chi connectivity index (χ0n) is 18.5. The van der Waals surface area contributed by atoms with Crippen LogP contribution in [0.3, 0.4) is 0 Å². The van der Waals surface area contributed by atoms with E-state index in [1.54, 1.807) is 4.57 Å². The van der Waals surface area contributed by atoms with Crippen molar-refractivity contribution in [2.24, 2.45) is 5.92 Å². The third kappa shape index (κ3) is 5.76. The number of benzene rings is 1. The van der Waals surface area contributed by atoms with Gasteiger partial charge in [-0.3, -0.25) is 9.36 Å². The number of fused-ring (bicyclic) bond motifs is 1. The van der Waals surface area contributed by atoms with Gasteiger partial charge in [-0.1, -0.05) is 75.7 Å². The Hall–Kier alpha value is -2.61. The van der Waals surface area contributed by atoms with Crippen molar-refractivity contribution in [1.29, 1.82) is 0 Å². The van der Waals surface area contributed by atoms with E-state index in [4.69, 9.17) is 0 Å². The molecular formula is C23H31N5O2S. The predicted octanol–water partition coefficient (Wildman–Crippen LogP) is 4.82. The number of anilines is 1. The second kappa shape index (κ2) is 11.1. The van der Waals surface area contributed by atoms with Gasteiger partial charge in [-0.2, -0.15) is 0 Å². The lowest BCUT2D eigenvalue weighted by Crippen LogP contribution is -2.23. The number of hydrogen-bond acceptors (Lipinski definition) is 5. The van der Waals surface area contributed by atoms with Crippen molar-refractivity contribution in [1.82, 2.24) is 19.5 Å². The maximum absolute atomic E-state index is 13.0. The van der Waals surface area contributed by atoms with E-state index < -0.39 is 0 Å². The van der Waals surface area contributed by atoms with Gasteiger partial charge in [0.1, 0.15) is 5.52 Å². The molecule has 0 atom stereocenters. The van der Waals surface area contributed by atoms with Crippen LogP contribution in [0.15, 0.2) is 40.3 Å². The Morgan fingerprint density at radius 3 is 2.45 bits per heavy atom. The Kier molecular flexibility index (Phi) is 8.28. The van der Waals surface area contributed by atoms with Crippen molar-refractivity contribution >= 4 is 34.7 Å². The molecule has 1 amide bonds. The van der Waals surface area contributed by atoms with Crippen LogP contribution < -0.4 is 11.0 Å². The minimum atomic E-state index is -0.264. The van der Waals surface area contributed by atoms with E-state index in [9.17, 15) is 9.59 Å². The Morgan fingerprint density at radius 2 is 1.81 bits per heavy atom. The summed E-state index contributed by atoms with van der Waals surface area (Å²) < 4.78 is 1.60. The number of aromatic amines is 1.